The number of aryl methyl sites for hydroxylation is 1. The van der Waals surface area contributed by atoms with Crippen molar-refractivity contribution in [3.63, 3.8) is 0 Å². The Morgan fingerprint density at radius 3 is 2.83 bits per heavy atom. The van der Waals surface area contributed by atoms with Crippen LogP contribution in [0.25, 0.3) is 0 Å². The first-order chi connectivity index (χ1) is 8.85. The molecule has 2 rings (SSSR count). The third-order valence-electron chi connectivity index (χ3n) is 2.59. The van der Waals surface area contributed by atoms with Crippen LogP contribution >= 0.6 is 0 Å². The Morgan fingerprint density at radius 2 is 2.06 bits per heavy atom. The Labute approximate surface area is 106 Å². The van der Waals surface area contributed by atoms with Crippen LogP contribution in [0.2, 0.25) is 0 Å². The maximum absolute atomic E-state index is 8.91. The molecule has 0 fully saturated rings. The van der Waals surface area contributed by atoms with Gasteiger partial charge in [-0.1, -0.05) is 13.0 Å². The summed E-state index contributed by atoms with van der Waals surface area (Å²) < 4.78 is 0. The molecule has 2 aromatic heterocycles. The minimum Gasteiger partial charge on any atom is -0.362 e. The Balaban J connectivity index is 2.14. The minimum absolute atomic E-state index is 0.298. The van der Waals surface area contributed by atoms with E-state index in [-0.39, 0.29) is 0 Å². The highest BCUT2D eigenvalue weighted by Crippen LogP contribution is 2.11. The summed E-state index contributed by atoms with van der Waals surface area (Å²) in [5, 5.41) is 12.0. The van der Waals surface area contributed by atoms with Crippen LogP contribution < -0.4 is 5.32 Å². The molecule has 0 spiro atoms. The molecular formula is C13H13N5. The Hall–Kier alpha value is -2.48. The summed E-state index contributed by atoms with van der Waals surface area (Å²) in [5.41, 5.74) is 2.45. The van der Waals surface area contributed by atoms with E-state index in [9.17, 15) is 0 Å². The molecule has 2 aromatic rings. The van der Waals surface area contributed by atoms with E-state index in [1.54, 1.807) is 12.4 Å². The molecule has 0 bridgehead atoms. The Kier molecular flexibility index (Phi) is 3.82. The Morgan fingerprint density at radius 1 is 1.22 bits per heavy atom. The van der Waals surface area contributed by atoms with Crippen LogP contribution in [0.3, 0.4) is 0 Å². The monoisotopic (exact) mass is 239 g/mol. The summed E-state index contributed by atoms with van der Waals surface area (Å²) in [4.78, 5) is 12.4. The summed E-state index contributed by atoms with van der Waals surface area (Å²) in [5.74, 6) is 0.493. The predicted molar refractivity (Wildman–Crippen MR) is 67.7 cm³/mol. The number of nitrogens with zero attached hydrogens (tertiary/aromatic N) is 4. The zero-order chi connectivity index (χ0) is 12.8. The van der Waals surface area contributed by atoms with Gasteiger partial charge in [-0.3, -0.25) is 4.98 Å². The van der Waals surface area contributed by atoms with Gasteiger partial charge < -0.3 is 5.32 Å². The molecule has 5 heteroatoms. The molecule has 0 aromatic carbocycles. The van der Waals surface area contributed by atoms with Crippen molar-refractivity contribution in [3.8, 4) is 6.07 Å². The van der Waals surface area contributed by atoms with Gasteiger partial charge in [0.1, 0.15) is 6.07 Å². The minimum atomic E-state index is 0.298. The highest BCUT2D eigenvalue weighted by Gasteiger charge is 2.05. The van der Waals surface area contributed by atoms with Crippen LogP contribution in [0.1, 0.15) is 23.9 Å². The van der Waals surface area contributed by atoms with Gasteiger partial charge in [0.25, 0.3) is 0 Å². The van der Waals surface area contributed by atoms with Crippen LogP contribution in [-0.4, -0.2) is 15.0 Å². The molecule has 0 saturated heterocycles. The van der Waals surface area contributed by atoms with Crippen LogP contribution in [0, 0.1) is 11.3 Å². The summed E-state index contributed by atoms with van der Waals surface area (Å²) >= 11 is 0. The fraction of sp³-hybridized carbons (Fsp3) is 0.231. The van der Waals surface area contributed by atoms with Crippen molar-refractivity contribution >= 4 is 5.82 Å². The van der Waals surface area contributed by atoms with Crippen LogP contribution in [0.4, 0.5) is 5.82 Å². The zero-order valence-electron chi connectivity index (χ0n) is 10.1. The number of rotatable bonds is 4. The van der Waals surface area contributed by atoms with Crippen LogP contribution in [0.5, 0.6) is 0 Å². The molecule has 0 aliphatic rings. The number of hydrogen-bond donors (Lipinski definition) is 1. The molecule has 5 nitrogen and oxygen atoms in total. The van der Waals surface area contributed by atoms with Gasteiger partial charge in [-0.25, -0.2) is 9.97 Å². The number of aromatic nitrogens is 3. The van der Waals surface area contributed by atoms with E-state index in [2.05, 4.69) is 27.2 Å². The lowest BCUT2D eigenvalue weighted by molar-refractivity contribution is 0.959. The van der Waals surface area contributed by atoms with E-state index in [1.807, 2.05) is 18.2 Å². The van der Waals surface area contributed by atoms with Crippen molar-refractivity contribution in [2.45, 2.75) is 19.9 Å². The predicted octanol–water partition coefficient (Wildman–Crippen LogP) is 1.92. The van der Waals surface area contributed by atoms with Gasteiger partial charge >= 0.3 is 0 Å². The topological polar surface area (TPSA) is 74.5 Å². The number of pyridine rings is 1. The average molecular weight is 239 g/mol. The normalized spacial score (nSPS) is 9.78. The van der Waals surface area contributed by atoms with Crippen molar-refractivity contribution in [2.24, 2.45) is 0 Å². The van der Waals surface area contributed by atoms with E-state index < -0.39 is 0 Å². The fourth-order valence-electron chi connectivity index (χ4n) is 1.67. The molecule has 0 radical (unpaired) electrons. The maximum Gasteiger partial charge on any atom is 0.182 e. The van der Waals surface area contributed by atoms with E-state index in [4.69, 9.17) is 5.26 Å². The van der Waals surface area contributed by atoms with Crippen molar-refractivity contribution in [1.29, 1.82) is 5.26 Å². The van der Waals surface area contributed by atoms with E-state index in [0.717, 1.165) is 12.1 Å². The number of nitriles is 1. The molecule has 90 valence electrons. The van der Waals surface area contributed by atoms with Crippen molar-refractivity contribution in [1.82, 2.24) is 15.0 Å². The van der Waals surface area contributed by atoms with Gasteiger partial charge in [0.05, 0.1) is 12.2 Å². The number of hydrogen-bond acceptors (Lipinski definition) is 5. The molecule has 0 aliphatic heterocycles. The zero-order valence-corrected chi connectivity index (χ0v) is 10.1. The molecular weight excluding hydrogens is 226 g/mol. The summed E-state index contributed by atoms with van der Waals surface area (Å²) in [7, 11) is 0. The second kappa shape index (κ2) is 5.73. The largest absolute Gasteiger partial charge is 0.362 e. The van der Waals surface area contributed by atoms with Crippen molar-refractivity contribution in [3.05, 3.63) is 47.7 Å². The fourth-order valence-corrected chi connectivity index (χ4v) is 1.67. The third-order valence-corrected chi connectivity index (χ3v) is 2.59. The molecule has 2 heterocycles. The average Bonchev–Trinajstić information content (AvgIpc) is 2.45. The van der Waals surface area contributed by atoms with Crippen LogP contribution in [-0.2, 0) is 13.0 Å². The summed E-state index contributed by atoms with van der Waals surface area (Å²) in [6, 6.07) is 5.97. The van der Waals surface area contributed by atoms with Crippen molar-refractivity contribution < 1.29 is 0 Å². The molecule has 0 aliphatic carbocycles. The van der Waals surface area contributed by atoms with Gasteiger partial charge in [0, 0.05) is 18.6 Å². The second-order valence-corrected chi connectivity index (χ2v) is 3.68. The van der Waals surface area contributed by atoms with Gasteiger partial charge in [-0.05, 0) is 18.1 Å². The molecule has 0 saturated carbocycles. The Bertz CT molecular complexity index is 574. The molecule has 0 unspecified atom stereocenters. The number of nitrogens with one attached hydrogen (secondary N) is 1. The van der Waals surface area contributed by atoms with E-state index >= 15 is 0 Å². The highest BCUT2D eigenvalue weighted by atomic mass is 15.0. The first-order valence-electron chi connectivity index (χ1n) is 5.73. The lowest BCUT2D eigenvalue weighted by Crippen LogP contribution is -2.07. The standard InChI is InChI=1S/C13H13N5/c1-2-10-4-3-5-15-12(10)9-18-13-11(8-14)16-6-7-17-13/h3-7H,2,9H2,1H3,(H,17,18). The maximum atomic E-state index is 8.91. The van der Waals surface area contributed by atoms with Gasteiger partial charge in [-0.2, -0.15) is 5.26 Å². The quantitative estimate of drug-likeness (QED) is 0.882. The SMILES string of the molecule is CCc1cccnc1CNc1nccnc1C#N. The molecule has 0 atom stereocenters. The lowest BCUT2D eigenvalue weighted by atomic mass is 10.1. The molecule has 1 N–H and O–H groups in total. The molecule has 0 amide bonds. The van der Waals surface area contributed by atoms with Crippen LogP contribution in [0.15, 0.2) is 30.7 Å². The highest BCUT2D eigenvalue weighted by molar-refractivity contribution is 5.47. The van der Waals surface area contributed by atoms with Gasteiger partial charge in [0.2, 0.25) is 0 Å². The third kappa shape index (κ3) is 2.61. The van der Waals surface area contributed by atoms with Crippen molar-refractivity contribution in [2.75, 3.05) is 5.32 Å². The first-order valence-corrected chi connectivity index (χ1v) is 5.73. The second-order valence-electron chi connectivity index (χ2n) is 3.68. The smallest absolute Gasteiger partial charge is 0.182 e. The lowest BCUT2D eigenvalue weighted by Gasteiger charge is -2.08. The molecule has 18 heavy (non-hydrogen) atoms. The number of anilines is 1. The van der Waals surface area contributed by atoms with Gasteiger partial charge in [0.15, 0.2) is 11.5 Å². The van der Waals surface area contributed by atoms with Gasteiger partial charge in [-0.15, -0.1) is 0 Å². The van der Waals surface area contributed by atoms with E-state index in [1.165, 1.54) is 11.8 Å². The first kappa shape index (κ1) is 12.0. The van der Waals surface area contributed by atoms with E-state index in [0.29, 0.717) is 18.1 Å². The summed E-state index contributed by atoms with van der Waals surface area (Å²) in [6.45, 7) is 2.63. The summed E-state index contributed by atoms with van der Waals surface area (Å²) in [6.07, 6.45) is 5.75.